The zero-order valence-corrected chi connectivity index (χ0v) is 10.3. The van der Waals surface area contributed by atoms with E-state index in [0.717, 1.165) is 30.5 Å². The Kier molecular flexibility index (Phi) is 5.74. The summed E-state index contributed by atoms with van der Waals surface area (Å²) in [5, 5.41) is 4.27. The average molecular weight is 226 g/mol. The molecule has 1 nitrogen and oxygen atoms in total. The third-order valence-electron chi connectivity index (χ3n) is 2.39. The van der Waals surface area contributed by atoms with Gasteiger partial charge in [-0.15, -0.1) is 0 Å². The molecule has 1 rings (SSSR count). The molecule has 0 unspecified atom stereocenters. The van der Waals surface area contributed by atoms with Gasteiger partial charge in [-0.1, -0.05) is 43.2 Å². The summed E-state index contributed by atoms with van der Waals surface area (Å²) in [7, 11) is 0. The highest BCUT2D eigenvalue weighted by atomic mass is 35.5. The molecule has 1 aliphatic carbocycles. The fourth-order valence-electron chi connectivity index (χ4n) is 1.41. The van der Waals surface area contributed by atoms with Gasteiger partial charge < -0.3 is 5.32 Å². The van der Waals surface area contributed by atoms with Crippen molar-refractivity contribution < 1.29 is 0 Å². The van der Waals surface area contributed by atoms with E-state index in [2.05, 4.69) is 31.3 Å². The van der Waals surface area contributed by atoms with Gasteiger partial charge in [-0.25, -0.2) is 0 Å². The molecule has 84 valence electrons. The third-order valence-corrected chi connectivity index (χ3v) is 2.64. The minimum absolute atomic E-state index is 0.773. The molecular formula is C13H20ClN. The molecule has 0 saturated heterocycles. The van der Waals surface area contributed by atoms with Gasteiger partial charge in [-0.3, -0.25) is 0 Å². The van der Waals surface area contributed by atoms with Crippen molar-refractivity contribution in [3.63, 3.8) is 0 Å². The Bertz CT molecular complexity index is 274. The number of hydrogen-bond acceptors (Lipinski definition) is 1. The lowest BCUT2D eigenvalue weighted by Gasteiger charge is -2.08. The second-order valence-corrected chi connectivity index (χ2v) is 4.78. The summed E-state index contributed by atoms with van der Waals surface area (Å²) in [5.74, 6) is 0.773. The van der Waals surface area contributed by atoms with Crippen molar-refractivity contribution in [3.05, 3.63) is 34.9 Å². The van der Waals surface area contributed by atoms with E-state index in [1.165, 1.54) is 12.0 Å². The van der Waals surface area contributed by atoms with E-state index in [-0.39, 0.29) is 0 Å². The first-order valence-corrected chi connectivity index (χ1v) is 5.99. The SMILES string of the molecule is CC(C)CCNCC1=CC=C(Cl)C=CC1. The average Bonchev–Trinajstić information content (AvgIpc) is 2.38. The molecule has 0 spiro atoms. The molecule has 0 amide bonds. The van der Waals surface area contributed by atoms with E-state index in [1.807, 2.05) is 12.2 Å². The quantitative estimate of drug-likeness (QED) is 0.705. The molecule has 0 bridgehead atoms. The van der Waals surface area contributed by atoms with Crippen LogP contribution in [0, 0.1) is 5.92 Å². The number of halogens is 1. The van der Waals surface area contributed by atoms with Gasteiger partial charge in [0.25, 0.3) is 0 Å². The summed E-state index contributed by atoms with van der Waals surface area (Å²) in [6, 6.07) is 0. The van der Waals surface area contributed by atoms with Gasteiger partial charge in [0.15, 0.2) is 0 Å². The predicted molar refractivity (Wildman–Crippen MR) is 68.1 cm³/mol. The Balaban J connectivity index is 2.24. The molecule has 1 N–H and O–H groups in total. The smallest absolute Gasteiger partial charge is 0.0402 e. The van der Waals surface area contributed by atoms with Crippen LogP contribution < -0.4 is 5.32 Å². The predicted octanol–water partition coefficient (Wildman–Crippen LogP) is 3.63. The molecule has 0 saturated carbocycles. The van der Waals surface area contributed by atoms with Crippen LogP contribution in [0.4, 0.5) is 0 Å². The van der Waals surface area contributed by atoms with Gasteiger partial charge >= 0.3 is 0 Å². The van der Waals surface area contributed by atoms with Crippen LogP contribution in [-0.4, -0.2) is 13.1 Å². The zero-order chi connectivity index (χ0) is 11.1. The van der Waals surface area contributed by atoms with Crippen LogP contribution in [0.25, 0.3) is 0 Å². The van der Waals surface area contributed by atoms with Crippen molar-refractivity contribution in [2.24, 2.45) is 5.92 Å². The van der Waals surface area contributed by atoms with E-state index < -0.39 is 0 Å². The van der Waals surface area contributed by atoms with Gasteiger partial charge in [0.2, 0.25) is 0 Å². The molecule has 1 aliphatic rings. The second kappa shape index (κ2) is 6.86. The number of hydrogen-bond donors (Lipinski definition) is 1. The van der Waals surface area contributed by atoms with Crippen LogP contribution in [0.15, 0.2) is 34.9 Å². The van der Waals surface area contributed by atoms with Crippen molar-refractivity contribution in [2.75, 3.05) is 13.1 Å². The fraction of sp³-hybridized carbons (Fsp3) is 0.538. The Morgan fingerprint density at radius 1 is 1.40 bits per heavy atom. The van der Waals surface area contributed by atoms with Crippen LogP contribution in [0.2, 0.25) is 0 Å². The van der Waals surface area contributed by atoms with Gasteiger partial charge in [0.1, 0.15) is 0 Å². The molecule has 0 aliphatic heterocycles. The lowest BCUT2D eigenvalue weighted by atomic mass is 10.1. The molecule has 0 fully saturated rings. The first-order chi connectivity index (χ1) is 7.18. The molecular weight excluding hydrogens is 206 g/mol. The molecule has 15 heavy (non-hydrogen) atoms. The highest BCUT2D eigenvalue weighted by Gasteiger charge is 1.98. The van der Waals surface area contributed by atoms with Gasteiger partial charge in [-0.05, 0) is 37.5 Å². The zero-order valence-electron chi connectivity index (χ0n) is 9.59. The van der Waals surface area contributed by atoms with Crippen LogP contribution in [0.1, 0.15) is 26.7 Å². The molecule has 0 heterocycles. The Morgan fingerprint density at radius 2 is 2.20 bits per heavy atom. The standard InChI is InChI=1S/C13H20ClN/c1-11(2)8-9-15-10-12-4-3-5-13(14)7-6-12/h3,5-7,11,15H,4,8-10H2,1-2H3. The lowest BCUT2D eigenvalue weighted by molar-refractivity contribution is 0.548. The summed E-state index contributed by atoms with van der Waals surface area (Å²) >= 11 is 5.90. The Labute approximate surface area is 97.9 Å². The maximum atomic E-state index is 5.90. The highest BCUT2D eigenvalue weighted by molar-refractivity contribution is 6.31. The second-order valence-electron chi connectivity index (χ2n) is 4.34. The van der Waals surface area contributed by atoms with Gasteiger partial charge in [0, 0.05) is 11.6 Å². The Hall–Kier alpha value is -0.530. The normalized spacial score (nSPS) is 16.3. The molecule has 2 heteroatoms. The summed E-state index contributed by atoms with van der Waals surface area (Å²) in [6.07, 6.45) is 10.4. The van der Waals surface area contributed by atoms with Crippen molar-refractivity contribution in [1.29, 1.82) is 0 Å². The summed E-state index contributed by atoms with van der Waals surface area (Å²) in [5.41, 5.74) is 1.39. The molecule has 0 aromatic carbocycles. The molecule has 0 radical (unpaired) electrons. The van der Waals surface area contributed by atoms with Crippen molar-refractivity contribution in [3.8, 4) is 0 Å². The number of allylic oxidation sites excluding steroid dienone is 5. The topological polar surface area (TPSA) is 12.0 Å². The summed E-state index contributed by atoms with van der Waals surface area (Å²) in [6.45, 7) is 6.56. The largest absolute Gasteiger partial charge is 0.313 e. The maximum absolute atomic E-state index is 5.90. The van der Waals surface area contributed by atoms with E-state index in [0.29, 0.717) is 0 Å². The first kappa shape index (κ1) is 12.5. The number of nitrogens with one attached hydrogen (secondary N) is 1. The van der Waals surface area contributed by atoms with E-state index in [9.17, 15) is 0 Å². The number of rotatable bonds is 5. The fourth-order valence-corrected chi connectivity index (χ4v) is 1.57. The van der Waals surface area contributed by atoms with Crippen molar-refractivity contribution >= 4 is 11.6 Å². The summed E-state index contributed by atoms with van der Waals surface area (Å²) < 4.78 is 0. The van der Waals surface area contributed by atoms with Crippen LogP contribution >= 0.6 is 11.6 Å². The molecule has 0 aromatic rings. The Morgan fingerprint density at radius 3 is 2.93 bits per heavy atom. The van der Waals surface area contributed by atoms with E-state index in [4.69, 9.17) is 11.6 Å². The van der Waals surface area contributed by atoms with Crippen molar-refractivity contribution in [2.45, 2.75) is 26.7 Å². The van der Waals surface area contributed by atoms with Crippen LogP contribution in [0.5, 0.6) is 0 Å². The third kappa shape index (κ3) is 5.81. The first-order valence-electron chi connectivity index (χ1n) is 5.61. The van der Waals surface area contributed by atoms with Gasteiger partial charge in [0.05, 0.1) is 0 Å². The van der Waals surface area contributed by atoms with Crippen LogP contribution in [-0.2, 0) is 0 Å². The lowest BCUT2D eigenvalue weighted by Crippen LogP contribution is -2.19. The minimum atomic E-state index is 0.773. The monoisotopic (exact) mass is 225 g/mol. The van der Waals surface area contributed by atoms with E-state index in [1.54, 1.807) is 0 Å². The summed E-state index contributed by atoms with van der Waals surface area (Å²) in [4.78, 5) is 0. The van der Waals surface area contributed by atoms with E-state index >= 15 is 0 Å². The highest BCUT2D eigenvalue weighted by Crippen LogP contribution is 2.13. The van der Waals surface area contributed by atoms with Crippen LogP contribution in [0.3, 0.4) is 0 Å². The molecule has 0 aromatic heterocycles. The van der Waals surface area contributed by atoms with Gasteiger partial charge in [-0.2, -0.15) is 0 Å². The van der Waals surface area contributed by atoms with Crippen molar-refractivity contribution in [1.82, 2.24) is 5.32 Å². The minimum Gasteiger partial charge on any atom is -0.313 e. The maximum Gasteiger partial charge on any atom is 0.0402 e. The molecule has 0 atom stereocenters.